The lowest BCUT2D eigenvalue weighted by Gasteiger charge is -2.06. The van der Waals surface area contributed by atoms with E-state index in [9.17, 15) is 0 Å². The summed E-state index contributed by atoms with van der Waals surface area (Å²) < 4.78 is 9.85. The molecule has 68 valence electrons. The zero-order chi connectivity index (χ0) is 9.10. The summed E-state index contributed by atoms with van der Waals surface area (Å²) in [6.07, 6.45) is -0.599. The van der Waals surface area contributed by atoms with Crippen LogP contribution in [-0.2, 0) is 8.92 Å². The van der Waals surface area contributed by atoms with Gasteiger partial charge >= 0.3 is 6.41 Å². The van der Waals surface area contributed by atoms with Crippen molar-refractivity contribution in [2.45, 2.75) is 6.41 Å². The summed E-state index contributed by atoms with van der Waals surface area (Å²) in [7, 11) is 0. The van der Waals surface area contributed by atoms with Crippen molar-refractivity contribution in [2.75, 3.05) is 0 Å². The molecule has 1 atom stereocenters. The van der Waals surface area contributed by atoms with E-state index in [1.54, 1.807) is 0 Å². The second kappa shape index (κ2) is 3.68. The molecule has 0 aromatic heterocycles. The minimum absolute atomic E-state index is 0.514. The Morgan fingerprint density at radius 3 is 2.77 bits per heavy atom. The van der Waals surface area contributed by atoms with E-state index in [4.69, 9.17) is 4.74 Å². The summed E-state index contributed by atoms with van der Waals surface area (Å²) in [5.41, 5.74) is 3.53. The van der Waals surface area contributed by atoms with Gasteiger partial charge in [-0.25, -0.2) is 5.43 Å². The second-order valence-corrected chi connectivity index (χ2v) is 2.68. The molecule has 0 radical (unpaired) electrons. The number of hydrazone groups is 1. The molecule has 1 heterocycles. The largest absolute Gasteiger partial charge is 0.425 e. The molecule has 0 spiro atoms. The van der Waals surface area contributed by atoms with Crippen LogP contribution in [0, 0.1) is 0 Å². The van der Waals surface area contributed by atoms with E-state index in [0.29, 0.717) is 5.90 Å². The third kappa shape index (κ3) is 1.76. The van der Waals surface area contributed by atoms with Crippen LogP contribution >= 0.6 is 12.9 Å². The maximum Gasteiger partial charge on any atom is 0.308 e. The van der Waals surface area contributed by atoms with Gasteiger partial charge in [-0.2, -0.15) is 0 Å². The molecular weight excluding hydrogens is 188 g/mol. The Bertz CT molecular complexity index is 315. The van der Waals surface area contributed by atoms with Crippen LogP contribution in [0.15, 0.2) is 35.4 Å². The number of hydrogen-bond donors (Lipinski definition) is 2. The predicted molar refractivity (Wildman–Crippen MR) is 51.1 cm³/mol. The van der Waals surface area contributed by atoms with Gasteiger partial charge in [-0.3, -0.25) is 4.18 Å². The highest BCUT2D eigenvalue weighted by Crippen LogP contribution is 2.09. The van der Waals surface area contributed by atoms with Gasteiger partial charge in [0, 0.05) is 5.56 Å². The summed E-state index contributed by atoms with van der Waals surface area (Å²) in [5.74, 6) is 0.514. The molecule has 0 amide bonds. The van der Waals surface area contributed by atoms with Crippen molar-refractivity contribution >= 4 is 18.8 Å². The molecule has 2 rings (SSSR count). The first-order valence-electron chi connectivity index (χ1n) is 3.75. The van der Waals surface area contributed by atoms with Gasteiger partial charge < -0.3 is 4.74 Å². The van der Waals surface area contributed by atoms with E-state index < -0.39 is 6.41 Å². The van der Waals surface area contributed by atoms with E-state index in [0.717, 1.165) is 5.56 Å². The van der Waals surface area contributed by atoms with Crippen LogP contribution in [0.5, 0.6) is 0 Å². The zero-order valence-electron chi connectivity index (χ0n) is 6.68. The third-order valence-corrected chi connectivity index (χ3v) is 1.80. The van der Waals surface area contributed by atoms with Crippen molar-refractivity contribution in [3.63, 3.8) is 0 Å². The highest BCUT2D eigenvalue weighted by molar-refractivity contribution is 7.75. The second-order valence-electron chi connectivity index (χ2n) is 2.47. The van der Waals surface area contributed by atoms with E-state index in [1.807, 2.05) is 30.3 Å². The Morgan fingerprint density at radius 2 is 2.15 bits per heavy atom. The number of nitrogens with one attached hydrogen (secondary N) is 1. The fourth-order valence-electron chi connectivity index (χ4n) is 1.02. The molecule has 0 saturated heterocycles. The number of benzene rings is 1. The minimum Gasteiger partial charge on any atom is -0.425 e. The van der Waals surface area contributed by atoms with Crippen molar-refractivity contribution < 1.29 is 8.92 Å². The number of rotatable bonds is 2. The highest BCUT2D eigenvalue weighted by atomic mass is 32.1. The fraction of sp³-hybridized carbons (Fsp3) is 0.125. The molecular formula is C8H8N2O2S. The first-order valence-corrected chi connectivity index (χ1v) is 4.12. The van der Waals surface area contributed by atoms with Crippen LogP contribution in [0.4, 0.5) is 0 Å². The summed E-state index contributed by atoms with van der Waals surface area (Å²) in [6, 6.07) is 9.56. The smallest absolute Gasteiger partial charge is 0.308 e. The van der Waals surface area contributed by atoms with Gasteiger partial charge in [0.25, 0.3) is 0 Å². The van der Waals surface area contributed by atoms with E-state index in [2.05, 4.69) is 27.6 Å². The molecule has 0 fully saturated rings. The average molecular weight is 196 g/mol. The third-order valence-electron chi connectivity index (χ3n) is 1.61. The van der Waals surface area contributed by atoms with Gasteiger partial charge in [0.2, 0.25) is 5.90 Å². The van der Waals surface area contributed by atoms with E-state index >= 15 is 0 Å². The molecule has 1 aliphatic rings. The number of ether oxygens (including phenoxy) is 1. The van der Waals surface area contributed by atoms with Crippen molar-refractivity contribution in [1.82, 2.24) is 5.43 Å². The van der Waals surface area contributed by atoms with Crippen molar-refractivity contribution in [3.05, 3.63) is 35.9 Å². The van der Waals surface area contributed by atoms with Crippen LogP contribution in [0.2, 0.25) is 0 Å². The Hall–Kier alpha value is -1.20. The minimum atomic E-state index is -0.599. The van der Waals surface area contributed by atoms with Crippen LogP contribution in [0.3, 0.4) is 0 Å². The Kier molecular flexibility index (Phi) is 2.37. The van der Waals surface area contributed by atoms with Gasteiger partial charge in [-0.1, -0.05) is 18.2 Å². The van der Waals surface area contributed by atoms with Crippen molar-refractivity contribution in [1.29, 1.82) is 0 Å². The summed E-state index contributed by atoms with van der Waals surface area (Å²) in [6.45, 7) is 0. The summed E-state index contributed by atoms with van der Waals surface area (Å²) in [4.78, 5) is 0. The molecule has 0 saturated carbocycles. The average Bonchev–Trinajstić information content (AvgIpc) is 2.67. The zero-order valence-corrected chi connectivity index (χ0v) is 7.57. The van der Waals surface area contributed by atoms with Crippen LogP contribution < -0.4 is 5.43 Å². The van der Waals surface area contributed by atoms with Gasteiger partial charge in [0.1, 0.15) is 0 Å². The lowest BCUT2D eigenvalue weighted by atomic mass is 10.2. The van der Waals surface area contributed by atoms with Gasteiger partial charge in [-0.15, -0.1) is 5.10 Å². The molecule has 5 heteroatoms. The van der Waals surface area contributed by atoms with E-state index in [1.165, 1.54) is 0 Å². The van der Waals surface area contributed by atoms with Crippen LogP contribution in [-0.4, -0.2) is 12.3 Å². The maximum atomic E-state index is 5.24. The predicted octanol–water partition coefficient (Wildman–Crippen LogP) is 1.11. The fourth-order valence-corrected chi connectivity index (χ4v) is 1.11. The standard InChI is InChI=1S/C8H8N2O2S/c13-12-8-10-9-7(11-8)6-4-2-1-3-5-6/h1-5,8,10,13H. The monoisotopic (exact) mass is 196 g/mol. The Balaban J connectivity index is 2.12. The maximum absolute atomic E-state index is 5.24. The summed E-state index contributed by atoms with van der Waals surface area (Å²) >= 11 is 3.61. The highest BCUT2D eigenvalue weighted by Gasteiger charge is 2.19. The number of hydrogen-bond acceptors (Lipinski definition) is 5. The lowest BCUT2D eigenvalue weighted by Crippen LogP contribution is -2.21. The molecule has 1 N–H and O–H groups in total. The molecule has 1 unspecified atom stereocenters. The summed E-state index contributed by atoms with van der Waals surface area (Å²) in [5, 5.41) is 3.93. The first-order chi connectivity index (χ1) is 6.40. The SMILES string of the molecule is SOC1NN=C(c2ccccc2)O1. The topological polar surface area (TPSA) is 42.8 Å². The van der Waals surface area contributed by atoms with Crippen LogP contribution in [0.25, 0.3) is 0 Å². The lowest BCUT2D eigenvalue weighted by molar-refractivity contribution is 0.00892. The van der Waals surface area contributed by atoms with Gasteiger partial charge in [-0.05, 0) is 25.0 Å². The molecule has 1 aromatic carbocycles. The number of nitrogens with zero attached hydrogens (tertiary/aromatic N) is 1. The van der Waals surface area contributed by atoms with E-state index in [-0.39, 0.29) is 0 Å². The normalized spacial score (nSPS) is 20.4. The first kappa shape index (κ1) is 8.40. The molecule has 0 aliphatic carbocycles. The Morgan fingerprint density at radius 1 is 1.38 bits per heavy atom. The van der Waals surface area contributed by atoms with Gasteiger partial charge in [0.05, 0.1) is 0 Å². The molecule has 0 bridgehead atoms. The Labute approximate surface area is 81.2 Å². The van der Waals surface area contributed by atoms with Gasteiger partial charge in [0.15, 0.2) is 0 Å². The quantitative estimate of drug-likeness (QED) is 0.550. The molecule has 1 aliphatic heterocycles. The van der Waals surface area contributed by atoms with Crippen molar-refractivity contribution in [3.8, 4) is 0 Å². The van der Waals surface area contributed by atoms with Crippen LogP contribution in [0.1, 0.15) is 5.56 Å². The molecule has 4 nitrogen and oxygen atoms in total. The molecule has 13 heavy (non-hydrogen) atoms. The number of thiol groups is 1. The molecule has 1 aromatic rings. The van der Waals surface area contributed by atoms with Crippen molar-refractivity contribution in [2.24, 2.45) is 5.10 Å².